The Morgan fingerprint density at radius 1 is 1.60 bits per heavy atom. The number of hydrogen-bond donors (Lipinski definition) is 1. The molecule has 1 rings (SSSR count). The van der Waals surface area contributed by atoms with Gasteiger partial charge in [0.2, 0.25) is 0 Å². The van der Waals surface area contributed by atoms with Crippen LogP contribution in [0.1, 0.15) is 13.8 Å². The summed E-state index contributed by atoms with van der Waals surface area (Å²) in [7, 11) is 0. The first kappa shape index (κ1) is 12.2. The zero-order chi connectivity index (χ0) is 11.6. The summed E-state index contributed by atoms with van der Waals surface area (Å²) < 4.78 is 5.25. The van der Waals surface area contributed by atoms with Crippen LogP contribution in [-0.2, 0) is 14.3 Å². The van der Waals surface area contributed by atoms with Crippen LogP contribution in [0.2, 0.25) is 0 Å². The van der Waals surface area contributed by atoms with Crippen LogP contribution >= 0.6 is 15.9 Å². The summed E-state index contributed by atoms with van der Waals surface area (Å²) >= 11 is 3.23. The van der Waals surface area contributed by atoms with Gasteiger partial charge in [0.1, 0.15) is 6.61 Å². The predicted molar refractivity (Wildman–Crippen MR) is 57.4 cm³/mol. The molecule has 0 aliphatic heterocycles. The molecule has 2 atom stereocenters. The standard InChI is InChI=1S/C10H13BrO4/c1-10(2)7(8(10)9(13)14)3-6(11)4-15-5-12/h3,5,7-8H,4H2,1-2H3,(H,13,14)/b6-3+. The lowest BCUT2D eigenvalue weighted by Gasteiger charge is -1.99. The minimum Gasteiger partial charge on any atom is -0.481 e. The molecular weight excluding hydrogens is 264 g/mol. The van der Waals surface area contributed by atoms with Gasteiger partial charge in [-0.25, -0.2) is 0 Å². The first-order chi connectivity index (χ1) is 6.91. The summed E-state index contributed by atoms with van der Waals surface area (Å²) in [6.45, 7) is 4.34. The van der Waals surface area contributed by atoms with Crippen molar-refractivity contribution in [3.05, 3.63) is 10.6 Å². The molecule has 1 aliphatic carbocycles. The van der Waals surface area contributed by atoms with Gasteiger partial charge in [-0.2, -0.15) is 0 Å². The number of allylic oxidation sites excluding steroid dienone is 1. The van der Waals surface area contributed by atoms with Crippen LogP contribution in [0.3, 0.4) is 0 Å². The van der Waals surface area contributed by atoms with Gasteiger partial charge in [-0.15, -0.1) is 0 Å². The summed E-state index contributed by atoms with van der Waals surface area (Å²) in [6.07, 6.45) is 1.81. The van der Waals surface area contributed by atoms with Crippen LogP contribution in [0.4, 0.5) is 0 Å². The number of rotatable bonds is 5. The fourth-order valence-corrected chi connectivity index (χ4v) is 2.23. The Morgan fingerprint density at radius 2 is 2.20 bits per heavy atom. The van der Waals surface area contributed by atoms with E-state index < -0.39 is 5.97 Å². The van der Waals surface area contributed by atoms with E-state index in [1.807, 2.05) is 19.9 Å². The molecule has 0 radical (unpaired) electrons. The van der Waals surface area contributed by atoms with Crippen molar-refractivity contribution in [3.63, 3.8) is 0 Å². The zero-order valence-electron chi connectivity index (χ0n) is 8.57. The Labute approximate surface area is 96.4 Å². The molecule has 2 unspecified atom stereocenters. The minimum absolute atomic E-state index is 0.000345. The molecule has 0 spiro atoms. The lowest BCUT2D eigenvalue weighted by Crippen LogP contribution is -2.03. The Bertz CT molecular complexity index is 309. The van der Waals surface area contributed by atoms with Crippen molar-refractivity contribution in [1.82, 2.24) is 0 Å². The summed E-state index contributed by atoms with van der Waals surface area (Å²) in [6, 6.07) is 0. The minimum atomic E-state index is -0.780. The topological polar surface area (TPSA) is 63.6 Å². The smallest absolute Gasteiger partial charge is 0.307 e. The monoisotopic (exact) mass is 276 g/mol. The third-order valence-corrected chi connectivity index (χ3v) is 3.32. The van der Waals surface area contributed by atoms with Crippen molar-refractivity contribution in [1.29, 1.82) is 0 Å². The van der Waals surface area contributed by atoms with Crippen LogP contribution in [0.25, 0.3) is 0 Å². The van der Waals surface area contributed by atoms with E-state index in [-0.39, 0.29) is 23.9 Å². The van der Waals surface area contributed by atoms with Gasteiger partial charge in [-0.1, -0.05) is 35.9 Å². The van der Waals surface area contributed by atoms with E-state index in [9.17, 15) is 9.59 Å². The van der Waals surface area contributed by atoms with E-state index in [1.165, 1.54) is 0 Å². The number of ether oxygens (including phenoxy) is 1. The highest BCUT2D eigenvalue weighted by Crippen LogP contribution is 2.59. The van der Waals surface area contributed by atoms with Crippen molar-refractivity contribution in [2.75, 3.05) is 6.61 Å². The first-order valence-corrected chi connectivity index (χ1v) is 5.34. The molecule has 15 heavy (non-hydrogen) atoms. The maximum absolute atomic E-state index is 10.9. The number of carbonyl (C=O) groups excluding carboxylic acids is 1. The van der Waals surface area contributed by atoms with E-state index in [2.05, 4.69) is 20.7 Å². The molecule has 0 bridgehead atoms. The van der Waals surface area contributed by atoms with Crippen molar-refractivity contribution < 1.29 is 19.4 Å². The zero-order valence-corrected chi connectivity index (χ0v) is 10.2. The number of carboxylic acids is 1. The predicted octanol–water partition coefficient (Wildman–Crippen LogP) is 1.79. The molecule has 1 fully saturated rings. The third-order valence-electron chi connectivity index (χ3n) is 2.83. The summed E-state index contributed by atoms with van der Waals surface area (Å²) in [5.41, 5.74) is -0.216. The molecule has 0 heterocycles. The van der Waals surface area contributed by atoms with Gasteiger partial charge in [-0.3, -0.25) is 9.59 Å². The highest BCUT2D eigenvalue weighted by Gasteiger charge is 2.60. The van der Waals surface area contributed by atoms with Crippen LogP contribution in [0.15, 0.2) is 10.6 Å². The van der Waals surface area contributed by atoms with Gasteiger partial charge in [0.05, 0.1) is 5.92 Å². The van der Waals surface area contributed by atoms with Crippen molar-refractivity contribution in [2.24, 2.45) is 17.3 Å². The van der Waals surface area contributed by atoms with Gasteiger partial charge >= 0.3 is 5.97 Å². The fraction of sp³-hybridized carbons (Fsp3) is 0.600. The normalized spacial score (nSPS) is 28.3. The molecule has 1 N–H and O–H groups in total. The highest BCUT2D eigenvalue weighted by atomic mass is 79.9. The molecule has 5 heteroatoms. The maximum atomic E-state index is 10.9. The molecule has 0 aromatic heterocycles. The number of carbonyl (C=O) groups is 2. The van der Waals surface area contributed by atoms with E-state index in [4.69, 9.17) is 5.11 Å². The number of aliphatic carboxylic acids is 1. The molecule has 0 amide bonds. The van der Waals surface area contributed by atoms with Crippen LogP contribution in [0.5, 0.6) is 0 Å². The van der Waals surface area contributed by atoms with Gasteiger partial charge in [0.25, 0.3) is 6.47 Å². The quantitative estimate of drug-likeness (QED) is 0.778. The lowest BCUT2D eigenvalue weighted by molar-refractivity contribution is -0.139. The second-order valence-electron chi connectivity index (χ2n) is 4.18. The Morgan fingerprint density at radius 3 is 2.60 bits per heavy atom. The largest absolute Gasteiger partial charge is 0.481 e. The summed E-state index contributed by atoms with van der Waals surface area (Å²) in [5.74, 6) is -1.13. The summed E-state index contributed by atoms with van der Waals surface area (Å²) in [5, 5.41) is 8.92. The highest BCUT2D eigenvalue weighted by molar-refractivity contribution is 9.11. The number of halogens is 1. The third kappa shape index (κ3) is 2.59. The van der Waals surface area contributed by atoms with Crippen molar-refractivity contribution in [2.45, 2.75) is 13.8 Å². The van der Waals surface area contributed by atoms with E-state index in [0.29, 0.717) is 11.0 Å². The van der Waals surface area contributed by atoms with E-state index in [1.54, 1.807) is 0 Å². The molecule has 4 nitrogen and oxygen atoms in total. The SMILES string of the molecule is CC1(C)C(/C=C(/Br)COC=O)C1C(=O)O. The molecule has 0 aromatic carbocycles. The molecule has 0 saturated heterocycles. The van der Waals surface area contributed by atoms with E-state index in [0.717, 1.165) is 0 Å². The average molecular weight is 277 g/mol. The Balaban J connectivity index is 2.60. The fourth-order valence-electron chi connectivity index (χ4n) is 1.82. The average Bonchev–Trinajstić information content (AvgIpc) is 2.64. The summed E-state index contributed by atoms with van der Waals surface area (Å²) in [4.78, 5) is 20.8. The second-order valence-corrected chi connectivity index (χ2v) is 5.20. The van der Waals surface area contributed by atoms with Crippen LogP contribution in [0, 0.1) is 17.3 Å². The van der Waals surface area contributed by atoms with Crippen molar-refractivity contribution in [3.8, 4) is 0 Å². The van der Waals surface area contributed by atoms with E-state index >= 15 is 0 Å². The molecular formula is C10H13BrO4. The van der Waals surface area contributed by atoms with Gasteiger partial charge < -0.3 is 9.84 Å². The van der Waals surface area contributed by atoms with Crippen molar-refractivity contribution >= 4 is 28.4 Å². The first-order valence-electron chi connectivity index (χ1n) is 4.55. The number of hydrogen-bond acceptors (Lipinski definition) is 3. The van der Waals surface area contributed by atoms with Crippen LogP contribution < -0.4 is 0 Å². The Hall–Kier alpha value is -0.840. The van der Waals surface area contributed by atoms with Crippen LogP contribution in [-0.4, -0.2) is 24.2 Å². The molecule has 1 aliphatic rings. The molecule has 84 valence electrons. The molecule has 0 aromatic rings. The number of carboxylic acid groups (broad SMARTS) is 1. The molecule has 1 saturated carbocycles. The Kier molecular flexibility index (Phi) is 3.54. The van der Waals surface area contributed by atoms with Gasteiger partial charge in [0.15, 0.2) is 0 Å². The lowest BCUT2D eigenvalue weighted by atomic mass is 10.1. The second kappa shape index (κ2) is 4.35. The van der Waals surface area contributed by atoms with Gasteiger partial charge in [0, 0.05) is 4.48 Å². The maximum Gasteiger partial charge on any atom is 0.307 e. The van der Waals surface area contributed by atoms with Gasteiger partial charge in [-0.05, 0) is 11.3 Å².